The zero-order valence-electron chi connectivity index (χ0n) is 10.4. The van der Waals surface area contributed by atoms with E-state index in [0.29, 0.717) is 12.8 Å². The van der Waals surface area contributed by atoms with Gasteiger partial charge in [0.25, 0.3) is 6.43 Å². The maximum absolute atomic E-state index is 12.1. The van der Waals surface area contributed by atoms with Gasteiger partial charge in [0.05, 0.1) is 12.0 Å². The van der Waals surface area contributed by atoms with E-state index in [1.807, 2.05) is 0 Å². The summed E-state index contributed by atoms with van der Waals surface area (Å²) in [7, 11) is 1.26. The Bertz CT molecular complexity index is 278. The van der Waals surface area contributed by atoms with Crippen molar-refractivity contribution >= 4 is 11.9 Å². The van der Waals surface area contributed by atoms with E-state index in [-0.39, 0.29) is 6.42 Å². The molecular formula is C11H19F2NO3. The Morgan fingerprint density at radius 2 is 1.76 bits per heavy atom. The van der Waals surface area contributed by atoms with Gasteiger partial charge in [-0.3, -0.25) is 9.59 Å². The molecule has 0 fully saturated rings. The number of halogens is 2. The second-order valence-electron chi connectivity index (χ2n) is 4.13. The highest BCUT2D eigenvalue weighted by molar-refractivity contribution is 5.84. The van der Waals surface area contributed by atoms with Crippen molar-refractivity contribution in [1.29, 1.82) is 0 Å². The van der Waals surface area contributed by atoms with Crippen LogP contribution in [-0.4, -0.2) is 41.9 Å². The van der Waals surface area contributed by atoms with Crippen LogP contribution in [0.1, 0.15) is 33.1 Å². The molecule has 0 atom stereocenters. The molecule has 0 saturated heterocycles. The molecule has 0 aliphatic heterocycles. The van der Waals surface area contributed by atoms with E-state index in [1.165, 1.54) is 7.05 Å². The lowest BCUT2D eigenvalue weighted by molar-refractivity contribution is -0.154. The molecule has 0 saturated carbocycles. The standard InChI is InChI=1S/C11H19F2NO3/c1-4-11(5-2,10(16)17)6-9(15)14(3)7-8(12)13/h8H,4-7H2,1-3H3,(H,16,17). The van der Waals surface area contributed by atoms with Crippen molar-refractivity contribution in [3.05, 3.63) is 0 Å². The van der Waals surface area contributed by atoms with Crippen LogP contribution in [0.5, 0.6) is 0 Å². The number of hydrogen-bond acceptors (Lipinski definition) is 2. The lowest BCUT2D eigenvalue weighted by Gasteiger charge is -2.28. The summed E-state index contributed by atoms with van der Waals surface area (Å²) in [5, 5.41) is 9.12. The van der Waals surface area contributed by atoms with Crippen LogP contribution >= 0.6 is 0 Å². The first-order chi connectivity index (χ1) is 7.79. The Labute approximate surface area is 99.6 Å². The first-order valence-corrected chi connectivity index (χ1v) is 5.54. The van der Waals surface area contributed by atoms with E-state index in [1.54, 1.807) is 13.8 Å². The predicted molar refractivity (Wildman–Crippen MR) is 58.9 cm³/mol. The van der Waals surface area contributed by atoms with E-state index >= 15 is 0 Å². The highest BCUT2D eigenvalue weighted by atomic mass is 19.3. The average molecular weight is 251 g/mol. The molecule has 0 rings (SSSR count). The highest BCUT2D eigenvalue weighted by Gasteiger charge is 2.38. The van der Waals surface area contributed by atoms with Gasteiger partial charge in [0.2, 0.25) is 5.91 Å². The number of carboxylic acids is 1. The zero-order valence-corrected chi connectivity index (χ0v) is 10.4. The zero-order chi connectivity index (χ0) is 13.6. The summed E-state index contributed by atoms with van der Waals surface area (Å²) in [5.41, 5.74) is -1.15. The monoisotopic (exact) mass is 251 g/mol. The predicted octanol–water partition coefficient (Wildman–Crippen LogP) is 1.99. The Morgan fingerprint density at radius 1 is 1.29 bits per heavy atom. The molecule has 4 nitrogen and oxygen atoms in total. The lowest BCUT2D eigenvalue weighted by atomic mass is 9.79. The first kappa shape index (κ1) is 15.8. The normalized spacial score (nSPS) is 11.6. The third-order valence-electron chi connectivity index (χ3n) is 3.13. The van der Waals surface area contributed by atoms with Gasteiger partial charge in [-0.25, -0.2) is 8.78 Å². The molecule has 0 bridgehead atoms. The third kappa shape index (κ3) is 4.28. The number of hydrogen-bond donors (Lipinski definition) is 1. The first-order valence-electron chi connectivity index (χ1n) is 5.54. The van der Waals surface area contributed by atoms with E-state index in [0.717, 1.165) is 4.90 Å². The van der Waals surface area contributed by atoms with Gasteiger partial charge in [-0.1, -0.05) is 13.8 Å². The van der Waals surface area contributed by atoms with Gasteiger partial charge in [0.15, 0.2) is 0 Å². The minimum atomic E-state index is -2.61. The van der Waals surface area contributed by atoms with Crippen LogP contribution in [-0.2, 0) is 9.59 Å². The van der Waals surface area contributed by atoms with E-state index in [4.69, 9.17) is 5.11 Å². The molecule has 0 aromatic heterocycles. The van der Waals surface area contributed by atoms with Crippen LogP contribution in [0, 0.1) is 5.41 Å². The van der Waals surface area contributed by atoms with Crippen LogP contribution in [0.3, 0.4) is 0 Å². The van der Waals surface area contributed by atoms with Crippen molar-refractivity contribution in [2.75, 3.05) is 13.6 Å². The molecule has 0 heterocycles. The van der Waals surface area contributed by atoms with Crippen LogP contribution in [0.2, 0.25) is 0 Å². The summed E-state index contributed by atoms with van der Waals surface area (Å²) in [6.07, 6.45) is -2.25. The molecular weight excluding hydrogens is 232 g/mol. The van der Waals surface area contributed by atoms with Gasteiger partial charge in [0, 0.05) is 13.5 Å². The highest BCUT2D eigenvalue weighted by Crippen LogP contribution is 2.31. The Morgan fingerprint density at radius 3 is 2.06 bits per heavy atom. The van der Waals surface area contributed by atoms with Crippen molar-refractivity contribution in [3.63, 3.8) is 0 Å². The minimum Gasteiger partial charge on any atom is -0.481 e. The number of nitrogens with zero attached hydrogens (tertiary/aromatic N) is 1. The van der Waals surface area contributed by atoms with Crippen LogP contribution in [0.15, 0.2) is 0 Å². The summed E-state index contributed by atoms with van der Waals surface area (Å²) in [4.78, 5) is 23.7. The second-order valence-corrected chi connectivity index (χ2v) is 4.13. The van der Waals surface area contributed by atoms with Crippen molar-refractivity contribution in [3.8, 4) is 0 Å². The molecule has 0 aromatic carbocycles. The fourth-order valence-corrected chi connectivity index (χ4v) is 1.61. The fourth-order valence-electron chi connectivity index (χ4n) is 1.61. The van der Waals surface area contributed by atoms with E-state index in [9.17, 15) is 18.4 Å². The molecule has 1 amide bonds. The molecule has 0 spiro atoms. The second kappa shape index (κ2) is 6.51. The number of aliphatic carboxylic acids is 1. The number of amides is 1. The molecule has 0 radical (unpaired) electrons. The minimum absolute atomic E-state index is 0.238. The molecule has 6 heteroatoms. The summed E-state index contributed by atoms with van der Waals surface area (Å²) in [6, 6.07) is 0. The van der Waals surface area contributed by atoms with Crippen molar-refractivity contribution in [2.45, 2.75) is 39.5 Å². The third-order valence-corrected chi connectivity index (χ3v) is 3.13. The SMILES string of the molecule is CCC(CC)(CC(=O)N(C)CC(F)F)C(=O)O. The van der Waals surface area contributed by atoms with Crippen LogP contribution in [0.4, 0.5) is 8.78 Å². The fraction of sp³-hybridized carbons (Fsp3) is 0.818. The molecule has 0 aliphatic carbocycles. The molecule has 17 heavy (non-hydrogen) atoms. The van der Waals surface area contributed by atoms with Gasteiger partial charge in [0.1, 0.15) is 0 Å². The number of rotatable bonds is 7. The van der Waals surface area contributed by atoms with E-state index < -0.39 is 30.3 Å². The van der Waals surface area contributed by atoms with Crippen LogP contribution in [0.25, 0.3) is 0 Å². The van der Waals surface area contributed by atoms with Crippen molar-refractivity contribution in [1.82, 2.24) is 4.90 Å². The molecule has 0 aliphatic rings. The Hall–Kier alpha value is -1.20. The van der Waals surface area contributed by atoms with E-state index in [2.05, 4.69) is 0 Å². The van der Waals surface area contributed by atoms with Gasteiger partial charge in [-0.05, 0) is 12.8 Å². The van der Waals surface area contributed by atoms with Crippen molar-refractivity contribution in [2.24, 2.45) is 5.41 Å². The molecule has 0 aromatic rings. The topological polar surface area (TPSA) is 57.6 Å². The Kier molecular flexibility index (Phi) is 6.05. The van der Waals surface area contributed by atoms with Gasteiger partial charge in [-0.15, -0.1) is 0 Å². The quantitative estimate of drug-likeness (QED) is 0.752. The number of carbonyl (C=O) groups excluding carboxylic acids is 1. The summed E-state index contributed by atoms with van der Waals surface area (Å²) >= 11 is 0. The summed E-state index contributed by atoms with van der Waals surface area (Å²) in [5.74, 6) is -1.61. The van der Waals surface area contributed by atoms with Gasteiger partial charge < -0.3 is 10.0 Å². The number of alkyl halides is 2. The lowest BCUT2D eigenvalue weighted by Crippen LogP contribution is -2.39. The number of carbonyl (C=O) groups is 2. The summed E-state index contributed by atoms with van der Waals surface area (Å²) < 4.78 is 24.2. The molecule has 0 unspecified atom stereocenters. The van der Waals surface area contributed by atoms with Gasteiger partial charge >= 0.3 is 5.97 Å². The molecule has 1 N–H and O–H groups in total. The van der Waals surface area contributed by atoms with Gasteiger partial charge in [-0.2, -0.15) is 0 Å². The maximum atomic E-state index is 12.1. The van der Waals surface area contributed by atoms with Crippen molar-refractivity contribution < 1.29 is 23.5 Å². The maximum Gasteiger partial charge on any atom is 0.310 e. The largest absolute Gasteiger partial charge is 0.481 e. The summed E-state index contributed by atoms with van der Waals surface area (Å²) in [6.45, 7) is 2.69. The van der Waals surface area contributed by atoms with Crippen LogP contribution < -0.4 is 0 Å². The average Bonchev–Trinajstić information content (AvgIpc) is 2.24. The Balaban J connectivity index is 4.67. The number of carboxylic acid groups (broad SMARTS) is 1. The molecule has 100 valence electrons. The smallest absolute Gasteiger partial charge is 0.310 e.